The predicted molar refractivity (Wildman–Crippen MR) is 130 cm³/mol. The van der Waals surface area contributed by atoms with Gasteiger partial charge in [-0.2, -0.15) is 11.8 Å². The maximum absolute atomic E-state index is 12.7. The first kappa shape index (κ1) is 24.1. The van der Waals surface area contributed by atoms with Gasteiger partial charge in [0.25, 0.3) is 0 Å². The lowest BCUT2D eigenvalue weighted by Crippen LogP contribution is -2.57. The molecule has 0 saturated carbocycles. The van der Waals surface area contributed by atoms with Crippen molar-refractivity contribution in [3.8, 4) is 0 Å². The summed E-state index contributed by atoms with van der Waals surface area (Å²) in [6.45, 7) is 11.7. The highest BCUT2D eigenvalue weighted by atomic mass is 127. The van der Waals surface area contributed by atoms with Crippen LogP contribution in [0.1, 0.15) is 39.5 Å². The number of carbonyl (C=O) groups excluding carboxylic acids is 1. The molecule has 0 spiro atoms. The maximum Gasteiger partial charge on any atom is 0.239 e. The van der Waals surface area contributed by atoms with E-state index in [-0.39, 0.29) is 30.0 Å². The lowest BCUT2D eigenvalue weighted by molar-refractivity contribution is -0.135. The molecule has 3 saturated heterocycles. The lowest BCUT2D eigenvalue weighted by Gasteiger charge is -2.39. The number of thioether (sulfide) groups is 1. The first-order chi connectivity index (χ1) is 13.2. The summed E-state index contributed by atoms with van der Waals surface area (Å²) < 4.78 is 0. The quantitative estimate of drug-likeness (QED) is 0.341. The van der Waals surface area contributed by atoms with Gasteiger partial charge >= 0.3 is 0 Å². The Bertz CT molecular complexity index is 501. The van der Waals surface area contributed by atoms with Crippen LogP contribution in [-0.2, 0) is 4.79 Å². The molecule has 3 rings (SSSR count). The van der Waals surface area contributed by atoms with Gasteiger partial charge in [0.15, 0.2) is 5.96 Å². The summed E-state index contributed by atoms with van der Waals surface area (Å²) in [7, 11) is 0. The van der Waals surface area contributed by atoms with Gasteiger partial charge in [0, 0.05) is 52.4 Å². The fraction of sp³-hybridized carbons (Fsp3) is 0.900. The molecule has 3 aliphatic rings. The number of guanidine groups is 1. The number of nitrogens with one attached hydrogen (secondary N) is 1. The fourth-order valence-electron chi connectivity index (χ4n) is 4.25. The molecular formula is C20H38IN5OS. The summed E-state index contributed by atoms with van der Waals surface area (Å²) in [5, 5.41) is 3.48. The van der Waals surface area contributed by atoms with Gasteiger partial charge < -0.3 is 15.1 Å². The summed E-state index contributed by atoms with van der Waals surface area (Å²) in [4.78, 5) is 24.4. The van der Waals surface area contributed by atoms with Crippen LogP contribution >= 0.6 is 35.7 Å². The Hall–Kier alpha value is -0.220. The smallest absolute Gasteiger partial charge is 0.239 e. The van der Waals surface area contributed by atoms with E-state index in [1.165, 1.54) is 24.3 Å². The molecule has 162 valence electrons. The SMILES string of the molecule is CCNC(=NCC1CCSCC1)N1CCN(C(C)C(=O)N2CCCC2)CC1.I. The molecule has 1 atom stereocenters. The standard InChI is InChI=1S/C20H37N5OS.HI/c1-3-21-20(22-16-18-6-14-27-15-7-18)25-12-10-23(11-13-25)17(2)19(26)24-8-4-5-9-24;/h17-18H,3-16H2,1-2H3,(H,21,22);1H. The molecule has 8 heteroatoms. The van der Waals surface area contributed by atoms with Crippen LogP contribution in [0.15, 0.2) is 4.99 Å². The van der Waals surface area contributed by atoms with Crippen LogP contribution in [0.2, 0.25) is 0 Å². The minimum absolute atomic E-state index is 0. The van der Waals surface area contributed by atoms with Gasteiger partial charge in [-0.05, 0) is 57.0 Å². The van der Waals surface area contributed by atoms with E-state index >= 15 is 0 Å². The van der Waals surface area contributed by atoms with E-state index < -0.39 is 0 Å². The van der Waals surface area contributed by atoms with Gasteiger partial charge in [0.2, 0.25) is 5.91 Å². The fourth-order valence-corrected chi connectivity index (χ4v) is 5.45. The van der Waals surface area contributed by atoms with E-state index in [2.05, 4.69) is 40.7 Å². The predicted octanol–water partition coefficient (Wildman–Crippen LogP) is 2.34. The molecule has 1 N–H and O–H groups in total. The van der Waals surface area contributed by atoms with Gasteiger partial charge in [0.05, 0.1) is 6.04 Å². The molecule has 3 aliphatic heterocycles. The van der Waals surface area contributed by atoms with E-state index in [0.717, 1.165) is 77.1 Å². The Labute approximate surface area is 192 Å². The van der Waals surface area contributed by atoms with Crippen LogP contribution in [0.3, 0.4) is 0 Å². The molecule has 0 bridgehead atoms. The number of hydrogen-bond donors (Lipinski definition) is 1. The van der Waals surface area contributed by atoms with Crippen molar-refractivity contribution in [3.05, 3.63) is 0 Å². The molecule has 6 nitrogen and oxygen atoms in total. The lowest BCUT2D eigenvalue weighted by atomic mass is 10.0. The van der Waals surface area contributed by atoms with Gasteiger partial charge in [-0.15, -0.1) is 24.0 Å². The number of nitrogens with zero attached hydrogens (tertiary/aromatic N) is 4. The van der Waals surface area contributed by atoms with E-state index in [9.17, 15) is 4.79 Å². The van der Waals surface area contributed by atoms with Crippen molar-refractivity contribution in [1.82, 2.24) is 20.0 Å². The molecule has 28 heavy (non-hydrogen) atoms. The first-order valence-corrected chi connectivity index (χ1v) is 12.0. The summed E-state index contributed by atoms with van der Waals surface area (Å²) >= 11 is 2.07. The molecule has 3 heterocycles. The molecular weight excluding hydrogens is 485 g/mol. The molecule has 3 fully saturated rings. The number of likely N-dealkylation sites (tertiary alicyclic amines) is 1. The number of halogens is 1. The largest absolute Gasteiger partial charge is 0.357 e. The van der Waals surface area contributed by atoms with E-state index in [1.54, 1.807) is 0 Å². The van der Waals surface area contributed by atoms with E-state index in [0.29, 0.717) is 5.91 Å². The third-order valence-electron chi connectivity index (χ3n) is 6.11. The number of rotatable bonds is 5. The molecule has 0 aromatic heterocycles. The number of aliphatic imine (C=N–C) groups is 1. The molecule has 0 aromatic rings. The van der Waals surface area contributed by atoms with Gasteiger partial charge in [-0.1, -0.05) is 0 Å². The maximum atomic E-state index is 12.7. The highest BCUT2D eigenvalue weighted by molar-refractivity contribution is 14.0. The van der Waals surface area contributed by atoms with E-state index in [1.807, 2.05) is 4.90 Å². The van der Waals surface area contributed by atoms with Gasteiger partial charge in [0.1, 0.15) is 0 Å². The minimum Gasteiger partial charge on any atom is -0.357 e. The normalized spacial score (nSPS) is 23.4. The average Bonchev–Trinajstić information content (AvgIpc) is 3.26. The monoisotopic (exact) mass is 523 g/mol. The van der Waals surface area contributed by atoms with Crippen LogP contribution in [-0.4, -0.2) is 96.5 Å². The van der Waals surface area contributed by atoms with Crippen molar-refractivity contribution >= 4 is 47.6 Å². The van der Waals surface area contributed by atoms with Gasteiger partial charge in [-0.25, -0.2) is 0 Å². The van der Waals surface area contributed by atoms with Crippen LogP contribution in [0.25, 0.3) is 0 Å². The first-order valence-electron chi connectivity index (χ1n) is 10.8. The molecule has 1 unspecified atom stereocenters. The van der Waals surface area contributed by atoms with Crippen molar-refractivity contribution in [2.75, 3.05) is 63.9 Å². The molecule has 0 aliphatic carbocycles. The zero-order chi connectivity index (χ0) is 19.1. The minimum atomic E-state index is 0. The molecule has 0 aromatic carbocycles. The molecule has 0 radical (unpaired) electrons. The third-order valence-corrected chi connectivity index (χ3v) is 7.16. The zero-order valence-electron chi connectivity index (χ0n) is 17.6. The van der Waals surface area contributed by atoms with Crippen molar-refractivity contribution in [3.63, 3.8) is 0 Å². The Morgan fingerprint density at radius 1 is 1.07 bits per heavy atom. The number of hydrogen-bond acceptors (Lipinski definition) is 4. The Kier molecular flexibility index (Phi) is 10.7. The van der Waals surface area contributed by atoms with Crippen LogP contribution < -0.4 is 5.32 Å². The second-order valence-electron chi connectivity index (χ2n) is 7.98. The summed E-state index contributed by atoms with van der Waals surface area (Å²) in [5.41, 5.74) is 0. The summed E-state index contributed by atoms with van der Waals surface area (Å²) in [6, 6.07) is 0.00418. The number of carbonyl (C=O) groups is 1. The van der Waals surface area contributed by atoms with Crippen LogP contribution in [0.5, 0.6) is 0 Å². The number of piperazine rings is 1. The second kappa shape index (κ2) is 12.5. The van der Waals surface area contributed by atoms with Crippen LogP contribution in [0.4, 0.5) is 0 Å². The van der Waals surface area contributed by atoms with Crippen molar-refractivity contribution < 1.29 is 4.79 Å². The van der Waals surface area contributed by atoms with Crippen molar-refractivity contribution in [2.24, 2.45) is 10.9 Å². The van der Waals surface area contributed by atoms with Crippen LogP contribution in [0, 0.1) is 5.92 Å². The third kappa shape index (κ3) is 6.65. The van der Waals surface area contributed by atoms with Crippen molar-refractivity contribution in [1.29, 1.82) is 0 Å². The number of amides is 1. The summed E-state index contributed by atoms with van der Waals surface area (Å²) in [5.74, 6) is 4.71. The highest BCUT2D eigenvalue weighted by Gasteiger charge is 2.30. The summed E-state index contributed by atoms with van der Waals surface area (Å²) in [6.07, 6.45) is 4.93. The zero-order valence-corrected chi connectivity index (χ0v) is 20.7. The average molecular weight is 524 g/mol. The van der Waals surface area contributed by atoms with Crippen molar-refractivity contribution in [2.45, 2.75) is 45.6 Å². The molecule has 1 amide bonds. The Balaban J connectivity index is 0.00000280. The highest BCUT2D eigenvalue weighted by Crippen LogP contribution is 2.23. The second-order valence-corrected chi connectivity index (χ2v) is 9.21. The topological polar surface area (TPSA) is 51.2 Å². The van der Waals surface area contributed by atoms with Gasteiger partial charge in [-0.3, -0.25) is 14.7 Å². The Morgan fingerprint density at radius 2 is 1.71 bits per heavy atom. The Morgan fingerprint density at radius 3 is 2.32 bits per heavy atom. The van der Waals surface area contributed by atoms with E-state index in [4.69, 9.17) is 4.99 Å².